The van der Waals surface area contributed by atoms with Gasteiger partial charge >= 0.3 is 0 Å². The zero-order valence-electron chi connectivity index (χ0n) is 6.96. The lowest BCUT2D eigenvalue weighted by Crippen LogP contribution is -2.00. The Kier molecular flexibility index (Phi) is 1.62. The van der Waals surface area contributed by atoms with Gasteiger partial charge in [-0.15, -0.1) is 0 Å². The van der Waals surface area contributed by atoms with Gasteiger partial charge in [-0.1, -0.05) is 30.3 Å². The Bertz CT molecular complexity index is 304. The third-order valence-electron chi connectivity index (χ3n) is 2.48. The van der Waals surface area contributed by atoms with E-state index >= 15 is 0 Å². The van der Waals surface area contributed by atoms with Crippen molar-refractivity contribution in [2.75, 3.05) is 0 Å². The van der Waals surface area contributed by atoms with Crippen LogP contribution in [0.2, 0.25) is 0 Å². The molecule has 1 aliphatic rings. The predicted octanol–water partition coefficient (Wildman–Crippen LogP) is 2.53. The van der Waals surface area contributed by atoms with Crippen molar-refractivity contribution < 1.29 is 0 Å². The summed E-state index contributed by atoms with van der Waals surface area (Å²) in [4.78, 5) is 0. The smallest absolute Gasteiger partial charge is 0.0693 e. The molecule has 0 atom stereocenters. The highest BCUT2D eigenvalue weighted by atomic mass is 14.5. The van der Waals surface area contributed by atoms with Crippen molar-refractivity contribution in [3.8, 4) is 6.07 Å². The van der Waals surface area contributed by atoms with Gasteiger partial charge in [0.2, 0.25) is 0 Å². The summed E-state index contributed by atoms with van der Waals surface area (Å²) in [5.41, 5.74) is 1.29. The van der Waals surface area contributed by atoms with Gasteiger partial charge in [-0.25, -0.2) is 0 Å². The summed E-state index contributed by atoms with van der Waals surface area (Å²) in [5, 5.41) is 8.87. The second kappa shape index (κ2) is 2.64. The summed E-state index contributed by atoms with van der Waals surface area (Å²) < 4.78 is 0. The van der Waals surface area contributed by atoms with Gasteiger partial charge in [-0.2, -0.15) is 5.26 Å². The van der Waals surface area contributed by atoms with E-state index in [4.69, 9.17) is 5.26 Å². The summed E-state index contributed by atoms with van der Waals surface area (Å²) in [6.07, 6.45) is 3.10. The Morgan fingerprint density at radius 1 is 1.25 bits per heavy atom. The molecule has 0 radical (unpaired) electrons. The molecule has 0 spiro atoms. The number of benzene rings is 1. The van der Waals surface area contributed by atoms with Gasteiger partial charge in [0.1, 0.15) is 0 Å². The Morgan fingerprint density at radius 3 is 2.42 bits per heavy atom. The van der Waals surface area contributed by atoms with Crippen LogP contribution in [0.15, 0.2) is 30.3 Å². The van der Waals surface area contributed by atoms with E-state index in [0.717, 1.165) is 19.3 Å². The van der Waals surface area contributed by atoms with E-state index in [9.17, 15) is 0 Å². The minimum atomic E-state index is 0.00134. The molecule has 0 bridgehead atoms. The second-order valence-electron chi connectivity index (χ2n) is 3.55. The minimum absolute atomic E-state index is 0.00134. The van der Waals surface area contributed by atoms with Crippen molar-refractivity contribution >= 4 is 0 Å². The van der Waals surface area contributed by atoms with E-state index in [0.29, 0.717) is 0 Å². The van der Waals surface area contributed by atoms with Crippen molar-refractivity contribution in [1.29, 1.82) is 5.26 Å². The molecule has 1 fully saturated rings. The second-order valence-corrected chi connectivity index (χ2v) is 3.55. The molecule has 0 aromatic heterocycles. The highest BCUT2D eigenvalue weighted by Gasteiger charge is 2.42. The molecule has 0 unspecified atom stereocenters. The molecule has 2 rings (SSSR count). The highest BCUT2D eigenvalue weighted by Crippen LogP contribution is 2.47. The quantitative estimate of drug-likeness (QED) is 0.647. The maximum Gasteiger partial charge on any atom is 0.0693 e. The van der Waals surface area contributed by atoms with Gasteiger partial charge in [0.25, 0.3) is 0 Å². The molecule has 1 heteroatoms. The first-order valence-corrected chi connectivity index (χ1v) is 4.30. The van der Waals surface area contributed by atoms with Crippen molar-refractivity contribution in [3.05, 3.63) is 35.9 Å². The van der Waals surface area contributed by atoms with Gasteiger partial charge in [0.15, 0.2) is 0 Å². The topological polar surface area (TPSA) is 23.8 Å². The first kappa shape index (κ1) is 7.36. The molecule has 0 N–H and O–H groups in total. The number of rotatable bonds is 2. The fraction of sp³-hybridized carbons (Fsp3) is 0.364. The van der Waals surface area contributed by atoms with Crippen molar-refractivity contribution in [3.63, 3.8) is 0 Å². The van der Waals surface area contributed by atoms with Gasteiger partial charge < -0.3 is 0 Å². The van der Waals surface area contributed by atoms with E-state index < -0.39 is 0 Å². The third-order valence-corrected chi connectivity index (χ3v) is 2.48. The fourth-order valence-corrected chi connectivity index (χ4v) is 1.47. The van der Waals surface area contributed by atoms with Crippen molar-refractivity contribution in [2.24, 2.45) is 5.41 Å². The maximum atomic E-state index is 8.87. The monoisotopic (exact) mass is 157 g/mol. The summed E-state index contributed by atoms with van der Waals surface area (Å²) in [7, 11) is 0. The lowest BCUT2D eigenvalue weighted by molar-refractivity contribution is 0.665. The van der Waals surface area contributed by atoms with Crippen molar-refractivity contribution in [2.45, 2.75) is 19.3 Å². The summed E-state index contributed by atoms with van der Waals surface area (Å²) in [5.74, 6) is 0. The molecule has 60 valence electrons. The first-order valence-electron chi connectivity index (χ1n) is 4.30. The minimum Gasteiger partial charge on any atom is -0.198 e. The first-order chi connectivity index (χ1) is 5.85. The lowest BCUT2D eigenvalue weighted by Gasteiger charge is -2.03. The Balaban J connectivity index is 2.11. The van der Waals surface area contributed by atoms with Crippen LogP contribution in [0.25, 0.3) is 0 Å². The van der Waals surface area contributed by atoms with Crippen LogP contribution >= 0.6 is 0 Å². The standard InChI is InChI=1S/C11H11N/c12-9-11(6-7-11)8-10-4-2-1-3-5-10/h1-5H,6-8H2. The van der Waals surface area contributed by atoms with Crippen LogP contribution in [0.5, 0.6) is 0 Å². The summed E-state index contributed by atoms with van der Waals surface area (Å²) in [6, 6.07) is 12.7. The highest BCUT2D eigenvalue weighted by molar-refractivity contribution is 5.22. The van der Waals surface area contributed by atoms with Crippen LogP contribution in [0.4, 0.5) is 0 Å². The average Bonchev–Trinajstić information content (AvgIpc) is 2.88. The predicted molar refractivity (Wildman–Crippen MR) is 47.4 cm³/mol. The summed E-state index contributed by atoms with van der Waals surface area (Å²) in [6.45, 7) is 0. The van der Waals surface area contributed by atoms with Gasteiger partial charge in [-0.05, 0) is 24.8 Å². The normalized spacial score (nSPS) is 18.2. The van der Waals surface area contributed by atoms with Crippen LogP contribution < -0.4 is 0 Å². The average molecular weight is 157 g/mol. The molecular formula is C11H11N. The molecular weight excluding hydrogens is 146 g/mol. The fourth-order valence-electron chi connectivity index (χ4n) is 1.47. The molecule has 0 aliphatic heterocycles. The van der Waals surface area contributed by atoms with Crippen LogP contribution in [0.1, 0.15) is 18.4 Å². The molecule has 1 aromatic carbocycles. The molecule has 1 nitrogen and oxygen atoms in total. The van der Waals surface area contributed by atoms with E-state index in [-0.39, 0.29) is 5.41 Å². The van der Waals surface area contributed by atoms with Gasteiger partial charge in [0.05, 0.1) is 11.5 Å². The molecule has 1 aliphatic carbocycles. The zero-order valence-corrected chi connectivity index (χ0v) is 6.96. The largest absolute Gasteiger partial charge is 0.198 e. The maximum absolute atomic E-state index is 8.87. The Labute approximate surface area is 72.6 Å². The molecule has 0 saturated heterocycles. The van der Waals surface area contributed by atoms with E-state index in [1.165, 1.54) is 5.56 Å². The van der Waals surface area contributed by atoms with Crippen molar-refractivity contribution in [1.82, 2.24) is 0 Å². The molecule has 1 saturated carbocycles. The number of hydrogen-bond donors (Lipinski definition) is 0. The Morgan fingerprint density at radius 2 is 1.92 bits per heavy atom. The number of nitriles is 1. The number of nitrogens with zero attached hydrogens (tertiary/aromatic N) is 1. The summed E-state index contributed by atoms with van der Waals surface area (Å²) >= 11 is 0. The SMILES string of the molecule is N#CC1(Cc2ccccc2)CC1. The van der Waals surface area contributed by atoms with Gasteiger partial charge in [0, 0.05) is 0 Å². The van der Waals surface area contributed by atoms with E-state index in [1.54, 1.807) is 0 Å². The molecule has 0 amide bonds. The van der Waals surface area contributed by atoms with Crippen LogP contribution in [0, 0.1) is 16.7 Å². The lowest BCUT2D eigenvalue weighted by atomic mass is 9.98. The van der Waals surface area contributed by atoms with Crippen LogP contribution in [-0.4, -0.2) is 0 Å². The molecule has 12 heavy (non-hydrogen) atoms. The van der Waals surface area contributed by atoms with Crippen LogP contribution in [0.3, 0.4) is 0 Å². The number of hydrogen-bond acceptors (Lipinski definition) is 1. The van der Waals surface area contributed by atoms with E-state index in [1.807, 2.05) is 18.2 Å². The molecule has 1 aromatic rings. The van der Waals surface area contributed by atoms with Crippen LogP contribution in [-0.2, 0) is 6.42 Å². The van der Waals surface area contributed by atoms with Gasteiger partial charge in [-0.3, -0.25) is 0 Å². The zero-order chi connectivity index (χ0) is 8.44. The third kappa shape index (κ3) is 1.33. The molecule has 0 heterocycles. The Hall–Kier alpha value is -1.29. The van der Waals surface area contributed by atoms with E-state index in [2.05, 4.69) is 18.2 Å².